The molecule has 0 atom stereocenters. The molecule has 0 radical (unpaired) electrons. The molecule has 1 aromatic heterocycles. The number of aromatic nitrogens is 2. The number of primary amides is 1. The third kappa shape index (κ3) is 8.56. The monoisotopic (exact) mass is 701 g/mol. The highest BCUT2D eigenvalue weighted by Gasteiger charge is 2.31. The Hall–Kier alpha value is -3.67. The fourth-order valence-corrected chi connectivity index (χ4v) is 7.35. The second-order valence-electron chi connectivity index (χ2n) is 14.9. The van der Waals surface area contributed by atoms with Gasteiger partial charge >= 0.3 is 0 Å². The van der Waals surface area contributed by atoms with Gasteiger partial charge in [0.25, 0.3) is 5.91 Å². The zero-order chi connectivity index (χ0) is 34.8. The normalized spacial score (nSPS) is 17.1. The summed E-state index contributed by atoms with van der Waals surface area (Å²) in [6, 6.07) is 20.7. The van der Waals surface area contributed by atoms with Crippen molar-refractivity contribution in [3.8, 4) is 11.5 Å². The Kier molecular flexibility index (Phi) is 10.5. The van der Waals surface area contributed by atoms with E-state index in [4.69, 9.17) is 31.5 Å². The molecule has 1 fully saturated rings. The van der Waals surface area contributed by atoms with Crippen molar-refractivity contribution >= 4 is 47.7 Å². The molecule has 9 nitrogen and oxygen atoms in total. The van der Waals surface area contributed by atoms with Gasteiger partial charge in [0.2, 0.25) is 0 Å². The van der Waals surface area contributed by atoms with Crippen LogP contribution in [0.2, 0.25) is 30.7 Å². The van der Waals surface area contributed by atoms with Crippen LogP contribution in [0.1, 0.15) is 36.2 Å². The first-order chi connectivity index (χ1) is 23.4. The van der Waals surface area contributed by atoms with Crippen molar-refractivity contribution in [1.29, 1.82) is 0 Å². The van der Waals surface area contributed by atoms with Crippen LogP contribution in [-0.2, 0) is 16.2 Å². The average Bonchev–Trinajstić information content (AvgIpc) is 3.48. The standard InChI is InChI=1S/C38H48ClN5O4Si/c1-38(2)22-31(27-12-14-29(39)15-13-27)28(25-47-38)24-42-16-18-43(19-17-42)34-10-6-8-30(37(40)45)36(34)48-35-11-7-9-33-32(35)23-41-44(33)26-46-20-21-49(3,4)5/h6-15,23H,16-22,24-26H2,1-5H3,(H2,40,45). The summed E-state index contributed by atoms with van der Waals surface area (Å²) in [5.41, 5.74) is 11.6. The van der Waals surface area contributed by atoms with E-state index in [1.165, 1.54) is 16.7 Å². The number of nitrogens with zero attached hydrogens (tertiary/aromatic N) is 4. The molecule has 0 saturated carbocycles. The van der Waals surface area contributed by atoms with Gasteiger partial charge < -0.3 is 24.8 Å². The van der Waals surface area contributed by atoms with Crippen molar-refractivity contribution in [2.24, 2.45) is 5.73 Å². The quantitative estimate of drug-likeness (QED) is 0.120. The van der Waals surface area contributed by atoms with Gasteiger partial charge in [-0.15, -0.1) is 0 Å². The summed E-state index contributed by atoms with van der Waals surface area (Å²) in [4.78, 5) is 17.4. The molecule has 3 aromatic carbocycles. The molecule has 2 aliphatic rings. The van der Waals surface area contributed by atoms with Crippen molar-refractivity contribution in [3.63, 3.8) is 0 Å². The number of carbonyl (C=O) groups excluding carboxylic acids is 1. The van der Waals surface area contributed by atoms with Gasteiger partial charge in [0.15, 0.2) is 5.75 Å². The molecule has 6 rings (SSSR count). The van der Waals surface area contributed by atoms with E-state index in [1.54, 1.807) is 12.3 Å². The predicted molar refractivity (Wildman–Crippen MR) is 201 cm³/mol. The van der Waals surface area contributed by atoms with E-state index in [2.05, 4.69) is 60.5 Å². The maximum absolute atomic E-state index is 12.7. The number of piperazine rings is 1. The van der Waals surface area contributed by atoms with Crippen molar-refractivity contribution in [3.05, 3.63) is 88.6 Å². The van der Waals surface area contributed by atoms with Gasteiger partial charge in [-0.2, -0.15) is 5.10 Å². The first-order valence-corrected chi connectivity index (χ1v) is 21.2. The van der Waals surface area contributed by atoms with E-state index < -0.39 is 14.0 Å². The number of para-hydroxylation sites is 1. The second kappa shape index (κ2) is 14.7. The summed E-state index contributed by atoms with van der Waals surface area (Å²) in [5.74, 6) is 0.545. The number of ether oxygens (including phenoxy) is 3. The summed E-state index contributed by atoms with van der Waals surface area (Å²) >= 11 is 6.21. The largest absolute Gasteiger partial charge is 0.454 e. The van der Waals surface area contributed by atoms with Crippen molar-refractivity contribution < 1.29 is 19.0 Å². The molecular formula is C38H48ClN5O4Si. The van der Waals surface area contributed by atoms with Crippen LogP contribution >= 0.6 is 11.6 Å². The fourth-order valence-electron chi connectivity index (χ4n) is 6.47. The Morgan fingerprint density at radius 1 is 1.02 bits per heavy atom. The Bertz CT molecular complexity index is 1820. The van der Waals surface area contributed by atoms with Crippen LogP contribution in [0.3, 0.4) is 0 Å². The van der Waals surface area contributed by atoms with Gasteiger partial charge in [-0.3, -0.25) is 9.69 Å². The molecule has 1 saturated heterocycles. The van der Waals surface area contributed by atoms with E-state index in [-0.39, 0.29) is 5.60 Å². The number of hydrogen-bond acceptors (Lipinski definition) is 7. The number of amides is 1. The number of halogens is 1. The molecule has 0 unspecified atom stereocenters. The number of fused-ring (bicyclic) bond motifs is 1. The first-order valence-electron chi connectivity index (χ1n) is 17.1. The van der Waals surface area contributed by atoms with E-state index >= 15 is 0 Å². The van der Waals surface area contributed by atoms with Crippen molar-refractivity contribution in [2.45, 2.75) is 58.3 Å². The number of rotatable bonds is 12. The molecular weight excluding hydrogens is 654 g/mol. The molecule has 4 aromatic rings. The highest BCUT2D eigenvalue weighted by atomic mass is 35.5. The van der Waals surface area contributed by atoms with E-state index in [1.807, 2.05) is 47.1 Å². The Morgan fingerprint density at radius 3 is 2.47 bits per heavy atom. The van der Waals surface area contributed by atoms with Crippen molar-refractivity contribution in [1.82, 2.24) is 14.7 Å². The van der Waals surface area contributed by atoms with Gasteiger partial charge in [0, 0.05) is 58.8 Å². The van der Waals surface area contributed by atoms with Crippen LogP contribution in [0.4, 0.5) is 5.69 Å². The first kappa shape index (κ1) is 35.2. The number of anilines is 1. The van der Waals surface area contributed by atoms with Crippen LogP contribution < -0.4 is 15.4 Å². The van der Waals surface area contributed by atoms with Crippen molar-refractivity contribution in [2.75, 3.05) is 50.8 Å². The highest BCUT2D eigenvalue weighted by molar-refractivity contribution is 6.76. The zero-order valence-electron chi connectivity index (χ0n) is 29.3. The third-order valence-corrected chi connectivity index (χ3v) is 11.3. The topological polar surface area (TPSA) is 95.1 Å². The van der Waals surface area contributed by atoms with Gasteiger partial charge in [-0.1, -0.05) is 55.5 Å². The maximum atomic E-state index is 12.7. The van der Waals surface area contributed by atoms with Crippen LogP contribution in [0.15, 0.2) is 72.4 Å². The van der Waals surface area contributed by atoms with E-state index in [9.17, 15) is 4.79 Å². The van der Waals surface area contributed by atoms with Crippen LogP contribution in [-0.4, -0.2) is 80.2 Å². The minimum Gasteiger partial charge on any atom is -0.454 e. The second-order valence-corrected chi connectivity index (χ2v) is 20.9. The predicted octanol–water partition coefficient (Wildman–Crippen LogP) is 7.67. The lowest BCUT2D eigenvalue weighted by atomic mass is 9.87. The average molecular weight is 702 g/mol. The molecule has 0 spiro atoms. The molecule has 3 heterocycles. The third-order valence-electron chi connectivity index (χ3n) is 9.32. The lowest BCUT2D eigenvalue weighted by Gasteiger charge is -2.39. The van der Waals surface area contributed by atoms with E-state index in [0.717, 1.165) is 66.8 Å². The summed E-state index contributed by atoms with van der Waals surface area (Å²) in [6.07, 6.45) is 2.64. The molecule has 1 amide bonds. The number of hydrogen-bond donors (Lipinski definition) is 1. The zero-order valence-corrected chi connectivity index (χ0v) is 31.1. The molecule has 0 aliphatic carbocycles. The smallest absolute Gasteiger partial charge is 0.252 e. The molecule has 49 heavy (non-hydrogen) atoms. The summed E-state index contributed by atoms with van der Waals surface area (Å²) < 4.78 is 20.7. The molecule has 2 aliphatic heterocycles. The van der Waals surface area contributed by atoms with Crippen LogP contribution in [0, 0.1) is 0 Å². The highest BCUT2D eigenvalue weighted by Crippen LogP contribution is 2.40. The Morgan fingerprint density at radius 2 is 1.76 bits per heavy atom. The van der Waals surface area contributed by atoms with Gasteiger partial charge in [-0.05, 0) is 73.0 Å². The molecule has 260 valence electrons. The molecule has 2 N–H and O–H groups in total. The number of carbonyl (C=O) groups is 1. The summed E-state index contributed by atoms with van der Waals surface area (Å²) in [6.45, 7) is 17.1. The van der Waals surface area contributed by atoms with Gasteiger partial charge in [-0.25, -0.2) is 4.68 Å². The summed E-state index contributed by atoms with van der Waals surface area (Å²) in [5, 5.41) is 6.17. The Balaban J connectivity index is 1.19. The Labute approximate surface area is 295 Å². The maximum Gasteiger partial charge on any atom is 0.252 e. The SMILES string of the molecule is CC1(C)CC(c2ccc(Cl)cc2)=C(CN2CCN(c3cccc(C(N)=O)c3Oc3cccc4c3cnn4COCC[Si](C)(C)C)CC2)CO1. The number of nitrogens with two attached hydrogens (primary N) is 1. The lowest BCUT2D eigenvalue weighted by molar-refractivity contribution is -0.0101. The summed E-state index contributed by atoms with van der Waals surface area (Å²) in [7, 11) is -1.19. The fraction of sp³-hybridized carbons (Fsp3) is 0.421. The van der Waals surface area contributed by atoms with Crippen LogP contribution in [0.5, 0.6) is 11.5 Å². The van der Waals surface area contributed by atoms with Crippen LogP contribution in [0.25, 0.3) is 16.5 Å². The van der Waals surface area contributed by atoms with Gasteiger partial charge in [0.05, 0.1) is 40.6 Å². The molecule has 0 bridgehead atoms. The lowest BCUT2D eigenvalue weighted by Crippen LogP contribution is -2.48. The van der Waals surface area contributed by atoms with E-state index in [0.29, 0.717) is 37.0 Å². The minimum absolute atomic E-state index is 0.219. The minimum atomic E-state index is -1.19. The van der Waals surface area contributed by atoms with Gasteiger partial charge in [0.1, 0.15) is 12.5 Å². The molecule has 11 heteroatoms. The number of benzene rings is 3.